The van der Waals surface area contributed by atoms with E-state index in [1.54, 1.807) is 14.2 Å². The Morgan fingerprint density at radius 3 is 2.40 bits per heavy atom. The molecule has 0 spiro atoms. The van der Waals surface area contributed by atoms with Crippen molar-refractivity contribution >= 4 is 22.4 Å². The van der Waals surface area contributed by atoms with Crippen molar-refractivity contribution in [1.82, 2.24) is 8.94 Å². The first-order chi connectivity index (χ1) is 12.2. The van der Waals surface area contributed by atoms with E-state index >= 15 is 0 Å². The second kappa shape index (κ2) is 6.26. The lowest BCUT2D eigenvalue weighted by Gasteiger charge is -2.10. The average molecular weight is 350 g/mol. The fourth-order valence-electron chi connectivity index (χ4n) is 3.12. The largest absolute Gasteiger partial charge is 0.497 e. The standard InChI is InChI=1S/C20H18N2O2S/c1-22-9-8-14-10-16(24-3)11-17(20(14)22)19-18(12-25-21-19)13-4-6-15(23-2)7-5-13/h4-12H,1-3H3. The molecule has 0 amide bonds. The highest BCUT2D eigenvalue weighted by atomic mass is 32.1. The topological polar surface area (TPSA) is 36.3 Å². The first-order valence-electron chi connectivity index (χ1n) is 7.93. The molecule has 2 aromatic carbocycles. The third kappa shape index (κ3) is 2.66. The molecule has 0 radical (unpaired) electrons. The lowest BCUT2D eigenvalue weighted by atomic mass is 10.00. The van der Waals surface area contributed by atoms with Crippen molar-refractivity contribution in [3.05, 3.63) is 54.0 Å². The fraction of sp³-hybridized carbons (Fsp3) is 0.150. The maximum absolute atomic E-state index is 5.50. The minimum absolute atomic E-state index is 0.836. The summed E-state index contributed by atoms with van der Waals surface area (Å²) in [6, 6.07) is 14.3. The highest BCUT2D eigenvalue weighted by Gasteiger charge is 2.17. The first kappa shape index (κ1) is 15.7. The number of hydrogen-bond donors (Lipinski definition) is 0. The molecule has 4 rings (SSSR count). The Hall–Kier alpha value is -2.79. The van der Waals surface area contributed by atoms with E-state index in [9.17, 15) is 0 Å². The summed E-state index contributed by atoms with van der Waals surface area (Å²) >= 11 is 1.46. The van der Waals surface area contributed by atoms with Gasteiger partial charge in [0.05, 0.1) is 25.4 Å². The SMILES string of the molecule is COc1ccc(-c2csnc2-c2cc(OC)cc3ccn(C)c23)cc1. The van der Waals surface area contributed by atoms with E-state index in [2.05, 4.69) is 53.5 Å². The van der Waals surface area contributed by atoms with E-state index in [0.717, 1.165) is 44.8 Å². The number of hydrogen-bond acceptors (Lipinski definition) is 4. The molecule has 0 saturated heterocycles. The maximum Gasteiger partial charge on any atom is 0.120 e. The average Bonchev–Trinajstić information content (AvgIpc) is 3.28. The van der Waals surface area contributed by atoms with Gasteiger partial charge in [-0.3, -0.25) is 0 Å². The third-order valence-corrected chi connectivity index (χ3v) is 5.03. The second-order valence-electron chi connectivity index (χ2n) is 5.84. The molecule has 2 aromatic heterocycles. The Kier molecular flexibility index (Phi) is 3.93. The van der Waals surface area contributed by atoms with Gasteiger partial charge in [0.15, 0.2) is 0 Å². The molecule has 0 atom stereocenters. The molecule has 4 nitrogen and oxygen atoms in total. The highest BCUT2D eigenvalue weighted by molar-refractivity contribution is 7.04. The Morgan fingerprint density at radius 1 is 0.920 bits per heavy atom. The predicted octanol–water partition coefficient (Wildman–Crippen LogP) is 4.99. The molecule has 0 saturated carbocycles. The van der Waals surface area contributed by atoms with Crippen LogP contribution in [0.1, 0.15) is 0 Å². The van der Waals surface area contributed by atoms with E-state index in [-0.39, 0.29) is 0 Å². The second-order valence-corrected chi connectivity index (χ2v) is 6.47. The summed E-state index contributed by atoms with van der Waals surface area (Å²) in [7, 11) is 5.42. The van der Waals surface area contributed by atoms with Crippen molar-refractivity contribution in [3.8, 4) is 33.9 Å². The number of fused-ring (bicyclic) bond motifs is 1. The smallest absolute Gasteiger partial charge is 0.120 e. The van der Waals surface area contributed by atoms with E-state index < -0.39 is 0 Å². The number of benzene rings is 2. The van der Waals surface area contributed by atoms with Crippen molar-refractivity contribution in [1.29, 1.82) is 0 Å². The van der Waals surface area contributed by atoms with Crippen LogP contribution in [0.3, 0.4) is 0 Å². The molecule has 0 bridgehead atoms. The quantitative estimate of drug-likeness (QED) is 0.520. The summed E-state index contributed by atoms with van der Waals surface area (Å²) in [6.07, 6.45) is 2.06. The van der Waals surface area contributed by atoms with Gasteiger partial charge in [0, 0.05) is 35.1 Å². The maximum atomic E-state index is 5.50. The normalized spacial score (nSPS) is 11.0. The summed E-state index contributed by atoms with van der Waals surface area (Å²) in [5, 5.41) is 3.23. The van der Waals surface area contributed by atoms with Gasteiger partial charge in [-0.25, -0.2) is 0 Å². The molecule has 2 heterocycles. The number of nitrogens with zero attached hydrogens (tertiary/aromatic N) is 2. The summed E-state index contributed by atoms with van der Waals surface area (Å²) in [4.78, 5) is 0. The molecular weight excluding hydrogens is 332 g/mol. The summed E-state index contributed by atoms with van der Waals surface area (Å²) in [5.74, 6) is 1.68. The van der Waals surface area contributed by atoms with Gasteiger partial charge in [-0.05, 0) is 47.4 Å². The minimum atomic E-state index is 0.836. The summed E-state index contributed by atoms with van der Waals surface area (Å²) in [5.41, 5.74) is 5.44. The number of aryl methyl sites for hydroxylation is 1. The van der Waals surface area contributed by atoms with Gasteiger partial charge in [-0.15, -0.1) is 0 Å². The van der Waals surface area contributed by atoms with Gasteiger partial charge in [0.25, 0.3) is 0 Å². The lowest BCUT2D eigenvalue weighted by molar-refractivity contribution is 0.415. The van der Waals surface area contributed by atoms with Crippen LogP contribution in [-0.2, 0) is 7.05 Å². The zero-order valence-electron chi connectivity index (χ0n) is 14.3. The van der Waals surface area contributed by atoms with Gasteiger partial charge in [-0.2, -0.15) is 4.37 Å². The summed E-state index contributed by atoms with van der Waals surface area (Å²) in [6.45, 7) is 0. The monoisotopic (exact) mass is 350 g/mol. The van der Waals surface area contributed by atoms with E-state index in [0.29, 0.717) is 0 Å². The Morgan fingerprint density at radius 2 is 1.68 bits per heavy atom. The van der Waals surface area contributed by atoms with E-state index in [1.165, 1.54) is 11.5 Å². The molecule has 0 fully saturated rings. The zero-order valence-corrected chi connectivity index (χ0v) is 15.1. The van der Waals surface area contributed by atoms with Gasteiger partial charge in [0.1, 0.15) is 11.5 Å². The van der Waals surface area contributed by atoms with Crippen molar-refractivity contribution in [2.45, 2.75) is 0 Å². The number of aromatic nitrogens is 2. The van der Waals surface area contributed by atoms with Crippen molar-refractivity contribution < 1.29 is 9.47 Å². The highest BCUT2D eigenvalue weighted by Crippen LogP contribution is 2.39. The van der Waals surface area contributed by atoms with Gasteiger partial charge in [0.2, 0.25) is 0 Å². The van der Waals surface area contributed by atoms with Crippen LogP contribution in [0.2, 0.25) is 0 Å². The lowest BCUT2D eigenvalue weighted by Crippen LogP contribution is -1.92. The molecule has 126 valence electrons. The van der Waals surface area contributed by atoms with E-state index in [4.69, 9.17) is 13.8 Å². The van der Waals surface area contributed by atoms with Crippen LogP contribution in [0.5, 0.6) is 11.5 Å². The van der Waals surface area contributed by atoms with Crippen LogP contribution in [0, 0.1) is 0 Å². The first-order valence-corrected chi connectivity index (χ1v) is 8.77. The molecule has 0 aliphatic carbocycles. The van der Waals surface area contributed by atoms with Crippen LogP contribution in [0.25, 0.3) is 33.3 Å². The van der Waals surface area contributed by atoms with Crippen molar-refractivity contribution in [2.75, 3.05) is 14.2 Å². The van der Waals surface area contributed by atoms with Gasteiger partial charge < -0.3 is 14.0 Å². The molecular formula is C20H18N2O2S. The van der Waals surface area contributed by atoms with Gasteiger partial charge >= 0.3 is 0 Å². The minimum Gasteiger partial charge on any atom is -0.497 e. The number of rotatable bonds is 4. The summed E-state index contributed by atoms with van der Waals surface area (Å²) < 4.78 is 17.6. The number of methoxy groups -OCH3 is 2. The van der Waals surface area contributed by atoms with Crippen molar-refractivity contribution in [3.63, 3.8) is 0 Å². The predicted molar refractivity (Wildman–Crippen MR) is 103 cm³/mol. The number of ether oxygens (including phenoxy) is 2. The molecule has 0 aliphatic heterocycles. The fourth-order valence-corrected chi connectivity index (χ4v) is 3.83. The molecule has 4 aromatic rings. The molecule has 25 heavy (non-hydrogen) atoms. The zero-order chi connectivity index (χ0) is 17.4. The van der Waals surface area contributed by atoms with Crippen LogP contribution >= 0.6 is 11.5 Å². The molecule has 5 heteroatoms. The Bertz CT molecular complexity index is 1030. The van der Waals surface area contributed by atoms with Crippen LogP contribution < -0.4 is 9.47 Å². The Labute approximate surface area is 150 Å². The molecule has 0 aliphatic rings. The molecule has 0 unspecified atom stereocenters. The van der Waals surface area contributed by atoms with Crippen molar-refractivity contribution in [2.24, 2.45) is 7.05 Å². The molecule has 0 N–H and O–H groups in total. The third-order valence-electron chi connectivity index (χ3n) is 4.40. The van der Waals surface area contributed by atoms with Crippen LogP contribution in [0.4, 0.5) is 0 Å². The van der Waals surface area contributed by atoms with Crippen LogP contribution in [-0.4, -0.2) is 23.2 Å². The Balaban J connectivity index is 1.93. The van der Waals surface area contributed by atoms with Crippen LogP contribution in [0.15, 0.2) is 54.0 Å². The van der Waals surface area contributed by atoms with Gasteiger partial charge in [-0.1, -0.05) is 12.1 Å². The van der Waals surface area contributed by atoms with E-state index in [1.807, 2.05) is 12.1 Å².